The highest BCUT2D eigenvalue weighted by molar-refractivity contribution is 6.30. The predicted octanol–water partition coefficient (Wildman–Crippen LogP) is 5.03. The number of ether oxygens (including phenoxy) is 1. The maximum Gasteiger partial charge on any atom is 0.321 e. The van der Waals surface area contributed by atoms with Crippen molar-refractivity contribution in [3.63, 3.8) is 0 Å². The van der Waals surface area contributed by atoms with Gasteiger partial charge in [0, 0.05) is 42.6 Å². The highest BCUT2D eigenvalue weighted by atomic mass is 35.5. The molecule has 1 saturated heterocycles. The zero-order chi connectivity index (χ0) is 23.5. The van der Waals surface area contributed by atoms with E-state index in [-0.39, 0.29) is 6.03 Å². The summed E-state index contributed by atoms with van der Waals surface area (Å²) >= 11 is 6.02. The second kappa shape index (κ2) is 9.61. The lowest BCUT2D eigenvalue weighted by molar-refractivity contribution is 0.208. The molecule has 3 heterocycles. The van der Waals surface area contributed by atoms with Crippen LogP contribution in [0, 0.1) is 0 Å². The third-order valence-corrected chi connectivity index (χ3v) is 6.09. The van der Waals surface area contributed by atoms with E-state index in [1.54, 1.807) is 6.33 Å². The van der Waals surface area contributed by atoms with Crippen LogP contribution in [0.3, 0.4) is 0 Å². The molecule has 2 amide bonds. The minimum atomic E-state index is -0.108. The van der Waals surface area contributed by atoms with Crippen molar-refractivity contribution >= 4 is 40.2 Å². The van der Waals surface area contributed by atoms with Gasteiger partial charge in [0.2, 0.25) is 0 Å². The Morgan fingerprint density at radius 1 is 1.06 bits per heavy atom. The van der Waals surface area contributed by atoms with Gasteiger partial charge in [-0.3, -0.25) is 0 Å². The van der Waals surface area contributed by atoms with Gasteiger partial charge in [-0.2, -0.15) is 0 Å². The van der Waals surface area contributed by atoms with Crippen molar-refractivity contribution < 1.29 is 9.53 Å². The summed E-state index contributed by atoms with van der Waals surface area (Å²) < 4.78 is 5.45. The standard InChI is InChI=1S/C25H25ClN6O2/c1-2-34-20-9-7-19(8-10-20)29-25(33)32-13-11-31(12-14-32)24-21-15-22(30-23(21)27-16-28-24)17-3-5-18(26)6-4-17/h3-10,15-16H,2,11-14H2,1H3,(H,29,33)(H,27,28,30). The van der Waals surface area contributed by atoms with Gasteiger partial charge in [-0.1, -0.05) is 23.7 Å². The van der Waals surface area contributed by atoms with E-state index in [1.165, 1.54) is 0 Å². The van der Waals surface area contributed by atoms with E-state index in [9.17, 15) is 4.79 Å². The van der Waals surface area contributed by atoms with Crippen molar-refractivity contribution in [2.75, 3.05) is 43.0 Å². The molecular weight excluding hydrogens is 452 g/mol. The number of benzene rings is 2. The second-order valence-electron chi connectivity index (χ2n) is 8.01. The first-order valence-corrected chi connectivity index (χ1v) is 11.6. The largest absolute Gasteiger partial charge is 0.494 e. The Balaban J connectivity index is 1.25. The predicted molar refractivity (Wildman–Crippen MR) is 135 cm³/mol. The Morgan fingerprint density at radius 3 is 2.50 bits per heavy atom. The second-order valence-corrected chi connectivity index (χ2v) is 8.45. The van der Waals surface area contributed by atoms with Crippen molar-refractivity contribution in [2.45, 2.75) is 6.92 Å². The molecular formula is C25H25ClN6O2. The monoisotopic (exact) mass is 476 g/mol. The van der Waals surface area contributed by atoms with E-state index in [4.69, 9.17) is 16.3 Å². The summed E-state index contributed by atoms with van der Waals surface area (Å²) in [6.07, 6.45) is 1.57. The molecule has 1 fully saturated rings. The fourth-order valence-electron chi connectivity index (χ4n) is 4.09. The van der Waals surface area contributed by atoms with Crippen molar-refractivity contribution in [3.05, 3.63) is 65.9 Å². The molecule has 0 unspecified atom stereocenters. The van der Waals surface area contributed by atoms with Crippen LogP contribution in [0.2, 0.25) is 5.02 Å². The molecule has 1 aliphatic rings. The topological polar surface area (TPSA) is 86.4 Å². The number of nitrogens with one attached hydrogen (secondary N) is 2. The summed E-state index contributed by atoms with van der Waals surface area (Å²) in [7, 11) is 0. The zero-order valence-corrected chi connectivity index (χ0v) is 19.5. The lowest BCUT2D eigenvalue weighted by Crippen LogP contribution is -2.50. The van der Waals surface area contributed by atoms with E-state index in [0.29, 0.717) is 37.8 Å². The highest BCUT2D eigenvalue weighted by Gasteiger charge is 2.24. The molecule has 0 aliphatic carbocycles. The maximum atomic E-state index is 12.7. The van der Waals surface area contributed by atoms with Crippen LogP contribution in [0.4, 0.5) is 16.3 Å². The van der Waals surface area contributed by atoms with Crippen molar-refractivity contribution in [2.24, 2.45) is 0 Å². The van der Waals surface area contributed by atoms with E-state index in [0.717, 1.165) is 39.5 Å². The number of fused-ring (bicyclic) bond motifs is 1. The van der Waals surface area contributed by atoms with E-state index in [2.05, 4.69) is 31.2 Å². The lowest BCUT2D eigenvalue weighted by Gasteiger charge is -2.35. The number of amides is 2. The molecule has 34 heavy (non-hydrogen) atoms. The summed E-state index contributed by atoms with van der Waals surface area (Å²) in [4.78, 5) is 29.1. The molecule has 0 bridgehead atoms. The number of nitrogens with zero attached hydrogens (tertiary/aromatic N) is 4. The fraction of sp³-hybridized carbons (Fsp3) is 0.240. The van der Waals surface area contributed by atoms with Crippen LogP contribution in [0.25, 0.3) is 22.3 Å². The van der Waals surface area contributed by atoms with Gasteiger partial charge in [0.05, 0.1) is 12.0 Å². The van der Waals surface area contributed by atoms with Gasteiger partial charge in [-0.05, 0) is 55.0 Å². The molecule has 9 heteroatoms. The number of hydrogen-bond donors (Lipinski definition) is 2. The van der Waals surface area contributed by atoms with Crippen LogP contribution < -0.4 is 15.0 Å². The molecule has 5 rings (SSSR count). The minimum absolute atomic E-state index is 0.108. The quantitative estimate of drug-likeness (QED) is 0.422. The molecule has 0 atom stereocenters. The van der Waals surface area contributed by atoms with Gasteiger partial charge >= 0.3 is 6.03 Å². The van der Waals surface area contributed by atoms with Gasteiger partial charge in [0.15, 0.2) is 0 Å². The number of aromatic amines is 1. The Labute approximate surface area is 202 Å². The number of carbonyl (C=O) groups is 1. The van der Waals surface area contributed by atoms with Crippen molar-refractivity contribution in [3.8, 4) is 17.0 Å². The number of rotatable bonds is 5. The number of H-pyrrole nitrogens is 1. The smallest absolute Gasteiger partial charge is 0.321 e. The molecule has 0 saturated carbocycles. The Kier molecular flexibility index (Phi) is 6.22. The minimum Gasteiger partial charge on any atom is -0.494 e. The number of anilines is 2. The molecule has 2 aromatic carbocycles. The van der Waals surface area contributed by atoms with Crippen LogP contribution in [-0.4, -0.2) is 58.7 Å². The molecule has 2 aromatic heterocycles. The molecule has 8 nitrogen and oxygen atoms in total. The Morgan fingerprint density at radius 2 is 1.79 bits per heavy atom. The Hall–Kier alpha value is -3.78. The van der Waals surface area contributed by atoms with Crippen LogP contribution in [0.1, 0.15) is 6.92 Å². The van der Waals surface area contributed by atoms with E-state index < -0.39 is 0 Å². The van der Waals surface area contributed by atoms with Gasteiger partial charge in [0.1, 0.15) is 23.5 Å². The number of piperazine rings is 1. The van der Waals surface area contributed by atoms with E-state index in [1.807, 2.05) is 60.4 Å². The third-order valence-electron chi connectivity index (χ3n) is 5.84. The van der Waals surface area contributed by atoms with Gasteiger partial charge < -0.3 is 24.8 Å². The molecule has 174 valence electrons. The van der Waals surface area contributed by atoms with Crippen molar-refractivity contribution in [1.29, 1.82) is 0 Å². The van der Waals surface area contributed by atoms with Crippen LogP contribution in [-0.2, 0) is 0 Å². The lowest BCUT2D eigenvalue weighted by atomic mass is 10.1. The molecule has 2 N–H and O–H groups in total. The average Bonchev–Trinajstić information content (AvgIpc) is 3.30. The number of aromatic nitrogens is 3. The molecule has 4 aromatic rings. The van der Waals surface area contributed by atoms with Crippen LogP contribution >= 0.6 is 11.6 Å². The number of urea groups is 1. The van der Waals surface area contributed by atoms with E-state index >= 15 is 0 Å². The summed E-state index contributed by atoms with van der Waals surface area (Å²) in [6.45, 7) is 5.12. The highest BCUT2D eigenvalue weighted by Crippen LogP contribution is 2.30. The van der Waals surface area contributed by atoms with Crippen LogP contribution in [0.15, 0.2) is 60.9 Å². The SMILES string of the molecule is CCOc1ccc(NC(=O)N2CCN(c3ncnc4[nH]c(-c5ccc(Cl)cc5)cc34)CC2)cc1. The molecule has 0 spiro atoms. The number of carbonyl (C=O) groups excluding carboxylic acids is 1. The number of halogens is 1. The normalized spacial score (nSPS) is 13.8. The third kappa shape index (κ3) is 4.63. The Bertz CT molecular complexity index is 1280. The average molecular weight is 477 g/mol. The van der Waals surface area contributed by atoms with Crippen molar-refractivity contribution in [1.82, 2.24) is 19.9 Å². The first kappa shape index (κ1) is 22.0. The zero-order valence-electron chi connectivity index (χ0n) is 18.8. The van der Waals surface area contributed by atoms with Gasteiger partial charge in [-0.25, -0.2) is 14.8 Å². The van der Waals surface area contributed by atoms with Gasteiger partial charge in [0.25, 0.3) is 0 Å². The summed E-state index contributed by atoms with van der Waals surface area (Å²) in [6, 6.07) is 17.0. The first-order chi connectivity index (χ1) is 16.6. The maximum absolute atomic E-state index is 12.7. The number of hydrogen-bond acceptors (Lipinski definition) is 5. The fourth-order valence-corrected chi connectivity index (χ4v) is 4.21. The molecule has 0 radical (unpaired) electrons. The van der Waals surface area contributed by atoms with Gasteiger partial charge in [-0.15, -0.1) is 0 Å². The summed E-state index contributed by atoms with van der Waals surface area (Å²) in [5.41, 5.74) is 3.52. The first-order valence-electron chi connectivity index (χ1n) is 11.2. The summed E-state index contributed by atoms with van der Waals surface area (Å²) in [5, 5.41) is 4.62. The molecule has 1 aliphatic heterocycles. The van der Waals surface area contributed by atoms with Crippen LogP contribution in [0.5, 0.6) is 5.75 Å². The summed E-state index contributed by atoms with van der Waals surface area (Å²) in [5.74, 6) is 1.65.